The van der Waals surface area contributed by atoms with Crippen molar-refractivity contribution in [2.45, 2.75) is 44.7 Å². The smallest absolute Gasteiger partial charge is 0.0362 e. The summed E-state index contributed by atoms with van der Waals surface area (Å²) in [5.41, 5.74) is 3.51. The lowest BCUT2D eigenvalue weighted by molar-refractivity contribution is 0.115. The molecule has 1 aliphatic heterocycles. The lowest BCUT2D eigenvalue weighted by atomic mass is 9.95. The highest BCUT2D eigenvalue weighted by atomic mass is 15.2. The van der Waals surface area contributed by atoms with Crippen LogP contribution in [0, 0.1) is 0 Å². The summed E-state index contributed by atoms with van der Waals surface area (Å²) in [5.74, 6) is 0.797. The first-order valence-corrected chi connectivity index (χ1v) is 5.93. The Hall–Kier alpha value is -0.820. The Morgan fingerprint density at radius 1 is 1.13 bits per heavy atom. The zero-order valence-corrected chi connectivity index (χ0v) is 9.83. The maximum Gasteiger partial charge on any atom is 0.0362 e. The Morgan fingerprint density at radius 3 is 2.47 bits per heavy atom. The van der Waals surface area contributed by atoms with Crippen molar-refractivity contribution in [3.63, 3.8) is 0 Å². The van der Waals surface area contributed by atoms with Gasteiger partial charge in [0.25, 0.3) is 0 Å². The van der Waals surface area contributed by atoms with E-state index in [-0.39, 0.29) is 0 Å². The summed E-state index contributed by atoms with van der Waals surface area (Å²) >= 11 is 0. The monoisotopic (exact) mass is 201 g/mol. The summed E-state index contributed by atoms with van der Waals surface area (Å²) in [4.78, 5) is 2.67. The van der Waals surface area contributed by atoms with E-state index in [2.05, 4.69) is 49.9 Å². The highest BCUT2D eigenvalue weighted by Crippen LogP contribution is 2.52. The molecule has 1 aromatic carbocycles. The van der Waals surface area contributed by atoms with E-state index in [9.17, 15) is 0 Å². The number of hydrogen-bond donors (Lipinski definition) is 0. The van der Waals surface area contributed by atoms with Crippen molar-refractivity contribution in [2.75, 3.05) is 6.54 Å². The lowest BCUT2D eigenvalue weighted by Crippen LogP contribution is -2.42. The van der Waals surface area contributed by atoms with Crippen LogP contribution in [0.25, 0.3) is 0 Å². The Bertz CT molecular complexity index is 389. The van der Waals surface area contributed by atoms with Gasteiger partial charge in [-0.05, 0) is 44.2 Å². The fourth-order valence-corrected chi connectivity index (χ4v) is 3.28. The van der Waals surface area contributed by atoms with Crippen molar-refractivity contribution in [1.29, 1.82) is 0 Å². The number of benzene rings is 1. The molecule has 0 saturated carbocycles. The van der Waals surface area contributed by atoms with Crippen molar-refractivity contribution in [3.05, 3.63) is 35.4 Å². The van der Waals surface area contributed by atoms with E-state index in [1.165, 1.54) is 13.0 Å². The van der Waals surface area contributed by atoms with Crippen LogP contribution in [0.15, 0.2) is 24.3 Å². The molecule has 1 nitrogen and oxygen atoms in total. The molecule has 80 valence electrons. The number of rotatable bonds is 0. The molecule has 2 unspecified atom stereocenters. The first-order valence-electron chi connectivity index (χ1n) is 5.93. The fourth-order valence-electron chi connectivity index (χ4n) is 3.28. The molecule has 15 heavy (non-hydrogen) atoms. The molecule has 2 aliphatic rings. The molecule has 0 radical (unpaired) electrons. The van der Waals surface area contributed by atoms with E-state index in [0.717, 1.165) is 5.92 Å². The Labute approximate surface area is 92.1 Å². The SMILES string of the molecule is CC(C)(C)N1CC2CC1c1ccccc12. The predicted molar refractivity (Wildman–Crippen MR) is 63.0 cm³/mol. The molecule has 0 spiro atoms. The third-order valence-corrected chi connectivity index (χ3v) is 3.96. The van der Waals surface area contributed by atoms with Gasteiger partial charge < -0.3 is 0 Å². The molecular weight excluding hydrogens is 182 g/mol. The summed E-state index contributed by atoms with van der Waals surface area (Å²) < 4.78 is 0. The minimum absolute atomic E-state index is 0.312. The third kappa shape index (κ3) is 1.26. The molecule has 1 heterocycles. The summed E-state index contributed by atoms with van der Waals surface area (Å²) in [7, 11) is 0. The topological polar surface area (TPSA) is 3.24 Å². The number of nitrogens with zero attached hydrogens (tertiary/aromatic N) is 1. The standard InChI is InChI=1S/C14H19N/c1-14(2,3)15-9-10-8-13(15)12-7-5-4-6-11(10)12/h4-7,10,13H,8-9H2,1-3H3. The van der Waals surface area contributed by atoms with Crippen LogP contribution in [0.3, 0.4) is 0 Å². The van der Waals surface area contributed by atoms with Crippen LogP contribution in [-0.4, -0.2) is 17.0 Å². The lowest BCUT2D eigenvalue weighted by Gasteiger charge is -2.39. The van der Waals surface area contributed by atoms with Crippen LogP contribution in [0.4, 0.5) is 0 Å². The predicted octanol–water partition coefficient (Wildman–Crippen LogP) is 3.33. The van der Waals surface area contributed by atoms with Gasteiger partial charge in [-0.15, -0.1) is 0 Å². The molecule has 0 aromatic heterocycles. The van der Waals surface area contributed by atoms with E-state index in [0.29, 0.717) is 11.6 Å². The molecule has 1 saturated heterocycles. The van der Waals surface area contributed by atoms with Gasteiger partial charge in [0.2, 0.25) is 0 Å². The van der Waals surface area contributed by atoms with Crippen LogP contribution >= 0.6 is 0 Å². The second kappa shape index (κ2) is 2.85. The quantitative estimate of drug-likeness (QED) is 0.622. The minimum atomic E-state index is 0.312. The third-order valence-electron chi connectivity index (χ3n) is 3.96. The van der Waals surface area contributed by atoms with Gasteiger partial charge >= 0.3 is 0 Å². The summed E-state index contributed by atoms with van der Waals surface area (Å²) in [6.45, 7) is 8.24. The van der Waals surface area contributed by atoms with E-state index < -0.39 is 0 Å². The first kappa shape index (κ1) is 9.41. The van der Waals surface area contributed by atoms with Gasteiger partial charge in [0, 0.05) is 18.1 Å². The van der Waals surface area contributed by atoms with E-state index in [1.807, 2.05) is 0 Å². The van der Waals surface area contributed by atoms with Gasteiger partial charge in [-0.1, -0.05) is 24.3 Å². The largest absolute Gasteiger partial charge is 0.291 e. The molecule has 2 bridgehead atoms. The average Bonchev–Trinajstić information content (AvgIpc) is 2.74. The summed E-state index contributed by atoms with van der Waals surface area (Å²) in [6.07, 6.45) is 1.34. The number of likely N-dealkylation sites (tertiary alicyclic amines) is 1. The maximum absolute atomic E-state index is 2.67. The van der Waals surface area contributed by atoms with Crippen LogP contribution < -0.4 is 0 Å². The Morgan fingerprint density at radius 2 is 1.80 bits per heavy atom. The Balaban J connectivity index is 2.02. The van der Waals surface area contributed by atoms with Crippen LogP contribution in [0.5, 0.6) is 0 Å². The molecule has 0 N–H and O–H groups in total. The van der Waals surface area contributed by atoms with E-state index in [1.54, 1.807) is 11.1 Å². The zero-order chi connectivity index (χ0) is 10.6. The Kier molecular flexibility index (Phi) is 1.79. The normalized spacial score (nSPS) is 29.5. The van der Waals surface area contributed by atoms with Gasteiger partial charge in [0.1, 0.15) is 0 Å². The van der Waals surface area contributed by atoms with Crippen molar-refractivity contribution in [3.8, 4) is 0 Å². The fraction of sp³-hybridized carbons (Fsp3) is 0.571. The number of hydrogen-bond acceptors (Lipinski definition) is 1. The summed E-state index contributed by atoms with van der Waals surface area (Å²) in [6, 6.07) is 9.69. The highest BCUT2D eigenvalue weighted by molar-refractivity contribution is 5.41. The van der Waals surface area contributed by atoms with Gasteiger partial charge in [-0.2, -0.15) is 0 Å². The molecule has 1 aromatic rings. The molecule has 1 aliphatic carbocycles. The van der Waals surface area contributed by atoms with E-state index >= 15 is 0 Å². The first-order chi connectivity index (χ1) is 7.07. The zero-order valence-electron chi connectivity index (χ0n) is 9.83. The molecular formula is C14H19N. The molecule has 1 heteroatoms. The van der Waals surface area contributed by atoms with Crippen molar-refractivity contribution >= 4 is 0 Å². The van der Waals surface area contributed by atoms with Gasteiger partial charge in [0.05, 0.1) is 0 Å². The maximum atomic E-state index is 2.67. The van der Waals surface area contributed by atoms with Crippen molar-refractivity contribution < 1.29 is 0 Å². The van der Waals surface area contributed by atoms with Gasteiger partial charge in [-0.3, -0.25) is 4.90 Å². The van der Waals surface area contributed by atoms with Gasteiger partial charge in [-0.25, -0.2) is 0 Å². The molecule has 1 fully saturated rings. The molecule has 3 rings (SSSR count). The number of fused-ring (bicyclic) bond motifs is 5. The van der Waals surface area contributed by atoms with Crippen molar-refractivity contribution in [2.24, 2.45) is 0 Å². The highest BCUT2D eigenvalue weighted by Gasteiger charge is 2.45. The minimum Gasteiger partial charge on any atom is -0.291 e. The van der Waals surface area contributed by atoms with E-state index in [4.69, 9.17) is 0 Å². The van der Waals surface area contributed by atoms with Crippen LogP contribution in [0.1, 0.15) is 50.3 Å². The van der Waals surface area contributed by atoms with Crippen LogP contribution in [-0.2, 0) is 0 Å². The second-order valence-corrected chi connectivity index (χ2v) is 5.90. The second-order valence-electron chi connectivity index (χ2n) is 5.90. The average molecular weight is 201 g/mol. The summed E-state index contributed by atoms with van der Waals surface area (Å²) in [5, 5.41) is 0. The van der Waals surface area contributed by atoms with Crippen molar-refractivity contribution in [1.82, 2.24) is 4.90 Å². The molecule has 0 amide bonds. The molecule has 2 atom stereocenters. The van der Waals surface area contributed by atoms with Crippen LogP contribution in [0.2, 0.25) is 0 Å². The van der Waals surface area contributed by atoms with Gasteiger partial charge in [0.15, 0.2) is 0 Å².